The topological polar surface area (TPSA) is 63.8 Å². The molecular weight excluding hydrogens is 200 g/mol. The van der Waals surface area contributed by atoms with Crippen LogP contribution in [0.15, 0.2) is 30.5 Å². The van der Waals surface area contributed by atoms with Gasteiger partial charge in [-0.3, -0.25) is 4.98 Å². The second kappa shape index (κ2) is 4.90. The van der Waals surface area contributed by atoms with Gasteiger partial charge in [0.1, 0.15) is 5.82 Å². The molecule has 2 rings (SSSR count). The van der Waals surface area contributed by atoms with Crippen molar-refractivity contribution in [2.24, 2.45) is 5.73 Å². The summed E-state index contributed by atoms with van der Waals surface area (Å²) in [5.41, 5.74) is 7.50. The third kappa shape index (κ3) is 2.67. The van der Waals surface area contributed by atoms with E-state index in [0.717, 1.165) is 29.8 Å². The number of para-hydroxylation sites is 2. The molecule has 1 atom stereocenters. The summed E-state index contributed by atoms with van der Waals surface area (Å²) in [5, 5.41) is 3.21. The third-order valence-corrected chi connectivity index (χ3v) is 2.35. The minimum absolute atomic E-state index is 0.209. The van der Waals surface area contributed by atoms with Gasteiger partial charge in [-0.1, -0.05) is 12.1 Å². The average molecular weight is 216 g/mol. The zero-order chi connectivity index (χ0) is 11.4. The van der Waals surface area contributed by atoms with Crippen molar-refractivity contribution in [3.63, 3.8) is 0 Å². The van der Waals surface area contributed by atoms with E-state index in [4.69, 9.17) is 5.73 Å². The maximum atomic E-state index is 5.67. The fraction of sp³-hybridized carbons (Fsp3) is 0.333. The Morgan fingerprint density at radius 1 is 1.31 bits per heavy atom. The van der Waals surface area contributed by atoms with Crippen LogP contribution in [0.3, 0.4) is 0 Å². The van der Waals surface area contributed by atoms with Crippen molar-refractivity contribution in [3.05, 3.63) is 30.5 Å². The number of nitrogens with two attached hydrogens (primary N) is 1. The van der Waals surface area contributed by atoms with Gasteiger partial charge < -0.3 is 11.1 Å². The van der Waals surface area contributed by atoms with Gasteiger partial charge in [0.25, 0.3) is 0 Å². The molecule has 1 aromatic carbocycles. The monoisotopic (exact) mass is 216 g/mol. The van der Waals surface area contributed by atoms with Crippen LogP contribution in [0.4, 0.5) is 5.82 Å². The molecule has 4 nitrogen and oxygen atoms in total. The molecule has 0 radical (unpaired) electrons. The van der Waals surface area contributed by atoms with Crippen molar-refractivity contribution in [3.8, 4) is 0 Å². The molecule has 2 aromatic rings. The van der Waals surface area contributed by atoms with Crippen LogP contribution in [0.2, 0.25) is 0 Å². The number of aromatic nitrogens is 2. The summed E-state index contributed by atoms with van der Waals surface area (Å²) in [6.45, 7) is 2.82. The highest BCUT2D eigenvalue weighted by molar-refractivity contribution is 5.75. The van der Waals surface area contributed by atoms with Gasteiger partial charge in [-0.2, -0.15) is 0 Å². The van der Waals surface area contributed by atoms with Gasteiger partial charge in [0.15, 0.2) is 0 Å². The summed E-state index contributed by atoms with van der Waals surface area (Å²) in [7, 11) is 0. The van der Waals surface area contributed by atoms with E-state index in [1.807, 2.05) is 31.2 Å². The van der Waals surface area contributed by atoms with Crippen LogP contribution in [-0.4, -0.2) is 22.6 Å². The highest BCUT2D eigenvalue weighted by Gasteiger charge is 1.99. The summed E-state index contributed by atoms with van der Waals surface area (Å²) in [6, 6.07) is 8.04. The predicted octanol–water partition coefficient (Wildman–Crippen LogP) is 1.78. The molecule has 1 heterocycles. The van der Waals surface area contributed by atoms with E-state index in [0.29, 0.717) is 0 Å². The van der Waals surface area contributed by atoms with Crippen molar-refractivity contribution < 1.29 is 0 Å². The first kappa shape index (κ1) is 10.8. The van der Waals surface area contributed by atoms with Gasteiger partial charge in [-0.05, 0) is 25.5 Å². The van der Waals surface area contributed by atoms with Gasteiger partial charge in [0.05, 0.1) is 17.2 Å². The minimum Gasteiger partial charge on any atom is -0.369 e. The first-order valence-corrected chi connectivity index (χ1v) is 5.47. The van der Waals surface area contributed by atoms with E-state index in [9.17, 15) is 0 Å². The van der Waals surface area contributed by atoms with Crippen LogP contribution < -0.4 is 11.1 Å². The molecule has 0 aliphatic rings. The first-order chi connectivity index (χ1) is 7.75. The van der Waals surface area contributed by atoms with E-state index in [1.165, 1.54) is 0 Å². The molecule has 4 heteroatoms. The maximum absolute atomic E-state index is 5.67. The molecule has 0 aliphatic heterocycles. The zero-order valence-electron chi connectivity index (χ0n) is 9.35. The normalized spacial score (nSPS) is 12.6. The lowest BCUT2D eigenvalue weighted by Gasteiger charge is -2.07. The number of anilines is 1. The molecule has 0 aliphatic carbocycles. The summed E-state index contributed by atoms with van der Waals surface area (Å²) in [6.07, 6.45) is 2.68. The first-order valence-electron chi connectivity index (χ1n) is 5.47. The minimum atomic E-state index is 0.209. The fourth-order valence-corrected chi connectivity index (χ4v) is 1.47. The van der Waals surface area contributed by atoms with Gasteiger partial charge in [-0.15, -0.1) is 0 Å². The van der Waals surface area contributed by atoms with E-state index in [-0.39, 0.29) is 6.04 Å². The fourth-order valence-electron chi connectivity index (χ4n) is 1.47. The number of nitrogens with zero attached hydrogens (tertiary/aromatic N) is 2. The summed E-state index contributed by atoms with van der Waals surface area (Å²) in [5.74, 6) is 0.805. The SMILES string of the molecule is CC(N)CCNc1cnc2ccccc2n1. The summed E-state index contributed by atoms with van der Waals surface area (Å²) >= 11 is 0. The molecule has 0 bridgehead atoms. The predicted molar refractivity (Wildman–Crippen MR) is 66.3 cm³/mol. The lowest BCUT2D eigenvalue weighted by Crippen LogP contribution is -2.19. The van der Waals surface area contributed by atoms with Crippen molar-refractivity contribution in [1.29, 1.82) is 0 Å². The molecular formula is C12H16N4. The Hall–Kier alpha value is -1.68. The van der Waals surface area contributed by atoms with Gasteiger partial charge >= 0.3 is 0 Å². The number of hydrogen-bond acceptors (Lipinski definition) is 4. The Morgan fingerprint density at radius 3 is 2.81 bits per heavy atom. The molecule has 84 valence electrons. The number of hydrogen-bond donors (Lipinski definition) is 2. The van der Waals surface area contributed by atoms with Crippen LogP contribution >= 0.6 is 0 Å². The molecule has 0 saturated carbocycles. The van der Waals surface area contributed by atoms with Crippen molar-refractivity contribution in [2.45, 2.75) is 19.4 Å². The quantitative estimate of drug-likeness (QED) is 0.817. The van der Waals surface area contributed by atoms with E-state index in [2.05, 4.69) is 15.3 Å². The molecule has 0 fully saturated rings. The van der Waals surface area contributed by atoms with Gasteiger partial charge in [0.2, 0.25) is 0 Å². The number of nitrogens with one attached hydrogen (secondary N) is 1. The van der Waals surface area contributed by atoms with E-state index >= 15 is 0 Å². The van der Waals surface area contributed by atoms with Crippen LogP contribution in [0.25, 0.3) is 11.0 Å². The van der Waals surface area contributed by atoms with Crippen LogP contribution in [0.5, 0.6) is 0 Å². The van der Waals surface area contributed by atoms with Crippen LogP contribution in [-0.2, 0) is 0 Å². The van der Waals surface area contributed by atoms with E-state index < -0.39 is 0 Å². The molecule has 1 unspecified atom stereocenters. The Kier molecular flexibility index (Phi) is 3.31. The van der Waals surface area contributed by atoms with Crippen LogP contribution in [0, 0.1) is 0 Å². The van der Waals surface area contributed by atoms with Crippen molar-refractivity contribution >= 4 is 16.9 Å². The Labute approximate surface area is 94.9 Å². The second-order valence-corrected chi connectivity index (χ2v) is 3.94. The van der Waals surface area contributed by atoms with E-state index in [1.54, 1.807) is 6.20 Å². The van der Waals surface area contributed by atoms with Crippen molar-refractivity contribution in [2.75, 3.05) is 11.9 Å². The number of rotatable bonds is 4. The molecule has 3 N–H and O–H groups in total. The zero-order valence-corrected chi connectivity index (χ0v) is 9.35. The molecule has 0 amide bonds. The third-order valence-electron chi connectivity index (χ3n) is 2.35. The van der Waals surface area contributed by atoms with Crippen molar-refractivity contribution in [1.82, 2.24) is 9.97 Å². The highest BCUT2D eigenvalue weighted by Crippen LogP contribution is 2.11. The maximum Gasteiger partial charge on any atom is 0.145 e. The second-order valence-electron chi connectivity index (χ2n) is 3.94. The molecule has 0 spiro atoms. The van der Waals surface area contributed by atoms with Gasteiger partial charge in [-0.25, -0.2) is 4.98 Å². The Bertz CT molecular complexity index is 467. The smallest absolute Gasteiger partial charge is 0.145 e. The highest BCUT2D eigenvalue weighted by atomic mass is 15.0. The molecule has 16 heavy (non-hydrogen) atoms. The standard InChI is InChI=1S/C12H16N4/c1-9(13)6-7-14-12-8-15-10-4-2-3-5-11(10)16-12/h2-5,8-9H,6-7,13H2,1H3,(H,14,16). The Morgan fingerprint density at radius 2 is 2.06 bits per heavy atom. The molecule has 1 aromatic heterocycles. The lowest BCUT2D eigenvalue weighted by atomic mass is 10.2. The van der Waals surface area contributed by atoms with Gasteiger partial charge in [0, 0.05) is 12.6 Å². The largest absolute Gasteiger partial charge is 0.369 e. The van der Waals surface area contributed by atoms with Crippen LogP contribution in [0.1, 0.15) is 13.3 Å². The summed E-state index contributed by atoms with van der Waals surface area (Å²) in [4.78, 5) is 8.78. The lowest BCUT2D eigenvalue weighted by molar-refractivity contribution is 0.689. The Balaban J connectivity index is 2.08. The number of fused-ring (bicyclic) bond motifs is 1. The average Bonchev–Trinajstić information content (AvgIpc) is 2.28. The summed E-state index contributed by atoms with van der Waals surface area (Å²) < 4.78 is 0. The number of benzene rings is 1. The molecule has 0 saturated heterocycles.